The van der Waals surface area contributed by atoms with Crippen molar-refractivity contribution >= 4 is 0 Å². The second kappa shape index (κ2) is 6.39. The first-order valence-corrected chi connectivity index (χ1v) is 6.06. The minimum absolute atomic E-state index is 0.563. The van der Waals surface area contributed by atoms with E-state index in [1.54, 1.807) is 0 Å². The van der Waals surface area contributed by atoms with Gasteiger partial charge in [0.05, 0.1) is 6.07 Å². The third-order valence-electron chi connectivity index (χ3n) is 2.90. The number of nitriles is 1. The van der Waals surface area contributed by atoms with E-state index in [1.165, 1.54) is 0 Å². The van der Waals surface area contributed by atoms with Gasteiger partial charge in [-0.3, -0.25) is 0 Å². The van der Waals surface area contributed by atoms with E-state index in [9.17, 15) is 5.26 Å². The molecule has 0 aliphatic rings. The SMILES string of the molecule is CCCCN(C)CC(N)(C#N)c1ccccc1. The predicted molar refractivity (Wildman–Crippen MR) is 70.3 cm³/mol. The highest BCUT2D eigenvalue weighted by Crippen LogP contribution is 2.18. The summed E-state index contributed by atoms with van der Waals surface area (Å²) in [5.41, 5.74) is 6.16. The van der Waals surface area contributed by atoms with Gasteiger partial charge in [-0.2, -0.15) is 5.26 Å². The first-order chi connectivity index (χ1) is 8.12. The van der Waals surface area contributed by atoms with E-state index in [4.69, 9.17) is 5.73 Å². The second-order valence-corrected chi connectivity index (χ2v) is 4.54. The highest BCUT2D eigenvalue weighted by molar-refractivity contribution is 5.31. The fraction of sp³-hybridized carbons (Fsp3) is 0.500. The quantitative estimate of drug-likeness (QED) is 0.815. The summed E-state index contributed by atoms with van der Waals surface area (Å²) in [7, 11) is 2.01. The molecule has 0 heterocycles. The number of unbranched alkanes of at least 4 members (excludes halogenated alkanes) is 1. The number of rotatable bonds is 6. The molecule has 0 aliphatic heterocycles. The average Bonchev–Trinajstić information content (AvgIpc) is 2.37. The van der Waals surface area contributed by atoms with E-state index >= 15 is 0 Å². The van der Waals surface area contributed by atoms with Crippen LogP contribution in [-0.2, 0) is 5.54 Å². The van der Waals surface area contributed by atoms with Gasteiger partial charge in [0, 0.05) is 6.54 Å². The number of nitrogens with two attached hydrogens (primary N) is 1. The summed E-state index contributed by atoms with van der Waals surface area (Å²) in [4.78, 5) is 2.12. The fourth-order valence-corrected chi connectivity index (χ4v) is 1.86. The van der Waals surface area contributed by atoms with Gasteiger partial charge in [0.2, 0.25) is 0 Å². The molecule has 17 heavy (non-hydrogen) atoms. The van der Waals surface area contributed by atoms with Gasteiger partial charge in [-0.1, -0.05) is 43.7 Å². The van der Waals surface area contributed by atoms with Crippen LogP contribution in [0.3, 0.4) is 0 Å². The minimum atomic E-state index is -0.913. The topological polar surface area (TPSA) is 53.0 Å². The van der Waals surface area contributed by atoms with Gasteiger partial charge in [-0.25, -0.2) is 0 Å². The summed E-state index contributed by atoms with van der Waals surface area (Å²) in [6.07, 6.45) is 2.28. The number of benzene rings is 1. The molecule has 1 aromatic carbocycles. The van der Waals surface area contributed by atoms with Crippen LogP contribution in [0, 0.1) is 11.3 Å². The summed E-state index contributed by atoms with van der Waals surface area (Å²) in [6, 6.07) is 11.8. The van der Waals surface area contributed by atoms with Crippen molar-refractivity contribution in [1.29, 1.82) is 5.26 Å². The van der Waals surface area contributed by atoms with Gasteiger partial charge >= 0.3 is 0 Å². The van der Waals surface area contributed by atoms with Gasteiger partial charge in [0.25, 0.3) is 0 Å². The van der Waals surface area contributed by atoms with Crippen LogP contribution in [0.25, 0.3) is 0 Å². The number of nitrogens with zero attached hydrogens (tertiary/aromatic N) is 2. The van der Waals surface area contributed by atoms with Gasteiger partial charge in [-0.05, 0) is 25.6 Å². The Morgan fingerprint density at radius 1 is 1.35 bits per heavy atom. The smallest absolute Gasteiger partial charge is 0.142 e. The Hall–Kier alpha value is -1.37. The molecule has 0 fully saturated rings. The number of likely N-dealkylation sites (N-methyl/N-ethyl adjacent to an activating group) is 1. The summed E-state index contributed by atoms with van der Waals surface area (Å²) < 4.78 is 0. The Labute approximate surface area is 104 Å². The van der Waals surface area contributed by atoms with Crippen molar-refractivity contribution in [3.8, 4) is 6.07 Å². The van der Waals surface area contributed by atoms with Crippen LogP contribution in [-0.4, -0.2) is 25.0 Å². The van der Waals surface area contributed by atoms with Crippen LogP contribution in [0.5, 0.6) is 0 Å². The van der Waals surface area contributed by atoms with Crippen molar-refractivity contribution in [2.45, 2.75) is 25.3 Å². The highest BCUT2D eigenvalue weighted by atomic mass is 15.1. The highest BCUT2D eigenvalue weighted by Gasteiger charge is 2.28. The van der Waals surface area contributed by atoms with Crippen molar-refractivity contribution in [3.63, 3.8) is 0 Å². The standard InChI is InChI=1S/C14H21N3/c1-3-4-10-17(2)12-14(16,11-15)13-8-6-5-7-9-13/h5-9H,3-4,10,12,16H2,1-2H3. The molecule has 0 aliphatic carbocycles. The zero-order valence-corrected chi connectivity index (χ0v) is 10.7. The van der Waals surface area contributed by atoms with Gasteiger partial charge < -0.3 is 10.6 Å². The van der Waals surface area contributed by atoms with E-state index in [-0.39, 0.29) is 0 Å². The molecule has 2 N–H and O–H groups in total. The van der Waals surface area contributed by atoms with E-state index in [2.05, 4.69) is 17.9 Å². The summed E-state index contributed by atoms with van der Waals surface area (Å²) in [5, 5.41) is 9.31. The van der Waals surface area contributed by atoms with E-state index in [0.29, 0.717) is 6.54 Å². The van der Waals surface area contributed by atoms with E-state index in [1.807, 2.05) is 37.4 Å². The van der Waals surface area contributed by atoms with Gasteiger partial charge in [0.1, 0.15) is 5.54 Å². The Bertz CT molecular complexity index is 369. The molecule has 0 aromatic heterocycles. The third kappa shape index (κ3) is 3.85. The third-order valence-corrected chi connectivity index (χ3v) is 2.90. The summed E-state index contributed by atoms with van der Waals surface area (Å²) >= 11 is 0. The normalized spacial score (nSPS) is 14.3. The largest absolute Gasteiger partial charge is 0.309 e. The van der Waals surface area contributed by atoms with Crippen LogP contribution in [0.2, 0.25) is 0 Å². The molecule has 1 atom stereocenters. The lowest BCUT2D eigenvalue weighted by molar-refractivity contribution is 0.277. The molecule has 1 unspecified atom stereocenters. The van der Waals surface area contributed by atoms with Crippen LogP contribution in [0.15, 0.2) is 30.3 Å². The Kier molecular flexibility index (Phi) is 5.14. The lowest BCUT2D eigenvalue weighted by atomic mass is 9.92. The first-order valence-electron chi connectivity index (χ1n) is 6.06. The minimum Gasteiger partial charge on any atom is -0.309 e. The van der Waals surface area contributed by atoms with Crippen molar-refractivity contribution in [3.05, 3.63) is 35.9 Å². The molecule has 3 nitrogen and oxygen atoms in total. The first kappa shape index (κ1) is 13.7. The number of hydrogen-bond donors (Lipinski definition) is 1. The van der Waals surface area contributed by atoms with E-state index in [0.717, 1.165) is 24.9 Å². The van der Waals surface area contributed by atoms with Crippen molar-refractivity contribution in [1.82, 2.24) is 4.90 Å². The fourth-order valence-electron chi connectivity index (χ4n) is 1.86. The predicted octanol–water partition coefficient (Wildman–Crippen LogP) is 2.10. The van der Waals surface area contributed by atoms with Crippen molar-refractivity contribution < 1.29 is 0 Å². The summed E-state index contributed by atoms with van der Waals surface area (Å²) in [5.74, 6) is 0. The number of hydrogen-bond acceptors (Lipinski definition) is 3. The Morgan fingerprint density at radius 2 is 2.00 bits per heavy atom. The zero-order valence-electron chi connectivity index (χ0n) is 10.7. The monoisotopic (exact) mass is 231 g/mol. The molecule has 92 valence electrons. The maximum Gasteiger partial charge on any atom is 0.142 e. The Morgan fingerprint density at radius 3 is 2.53 bits per heavy atom. The van der Waals surface area contributed by atoms with E-state index < -0.39 is 5.54 Å². The second-order valence-electron chi connectivity index (χ2n) is 4.54. The molecule has 0 saturated carbocycles. The van der Waals surface area contributed by atoms with Gasteiger partial charge in [-0.15, -0.1) is 0 Å². The average molecular weight is 231 g/mol. The lowest BCUT2D eigenvalue weighted by Gasteiger charge is -2.28. The molecule has 1 aromatic rings. The maximum absolute atomic E-state index is 9.31. The van der Waals surface area contributed by atoms with Crippen molar-refractivity contribution in [2.24, 2.45) is 5.73 Å². The maximum atomic E-state index is 9.31. The van der Waals surface area contributed by atoms with Crippen LogP contribution < -0.4 is 5.73 Å². The van der Waals surface area contributed by atoms with Crippen LogP contribution >= 0.6 is 0 Å². The molecule has 0 radical (unpaired) electrons. The molecule has 1 rings (SSSR count). The molecule has 3 heteroatoms. The molecule has 0 saturated heterocycles. The Balaban J connectivity index is 2.73. The van der Waals surface area contributed by atoms with Crippen LogP contribution in [0.4, 0.5) is 0 Å². The molecular weight excluding hydrogens is 210 g/mol. The van der Waals surface area contributed by atoms with Crippen LogP contribution in [0.1, 0.15) is 25.3 Å². The summed E-state index contributed by atoms with van der Waals surface area (Å²) in [6.45, 7) is 3.70. The molecule has 0 amide bonds. The molecule has 0 spiro atoms. The molecular formula is C14H21N3. The molecule has 0 bridgehead atoms. The zero-order chi connectivity index (χ0) is 12.7. The lowest BCUT2D eigenvalue weighted by Crippen LogP contribution is -2.45. The van der Waals surface area contributed by atoms with Crippen molar-refractivity contribution in [2.75, 3.05) is 20.1 Å². The van der Waals surface area contributed by atoms with Gasteiger partial charge in [0.15, 0.2) is 0 Å².